The van der Waals surface area contributed by atoms with Crippen LogP contribution in [0.3, 0.4) is 0 Å². The first kappa shape index (κ1) is 24.3. The number of anilines is 2. The number of amides is 1. The summed E-state index contributed by atoms with van der Waals surface area (Å²) in [5.74, 6) is -1.31. The fourth-order valence-corrected chi connectivity index (χ4v) is 3.58. The molecule has 1 saturated heterocycles. The topological polar surface area (TPSA) is 106 Å². The van der Waals surface area contributed by atoms with Gasteiger partial charge in [-0.05, 0) is 55.1 Å². The van der Waals surface area contributed by atoms with Crippen molar-refractivity contribution in [1.29, 1.82) is 0 Å². The van der Waals surface area contributed by atoms with Crippen molar-refractivity contribution in [3.8, 4) is 5.75 Å². The normalized spacial score (nSPS) is 15.3. The van der Waals surface area contributed by atoms with Crippen LogP contribution in [0.4, 0.5) is 20.4 Å². The maximum atomic E-state index is 12.5. The summed E-state index contributed by atoms with van der Waals surface area (Å²) in [6.07, 6.45) is 6.87. The smallest absolute Gasteiger partial charge is 0.229 e. The van der Waals surface area contributed by atoms with Crippen LogP contribution in [0.1, 0.15) is 12.8 Å². The van der Waals surface area contributed by atoms with E-state index in [4.69, 9.17) is 5.14 Å². The van der Waals surface area contributed by atoms with Crippen LogP contribution in [-0.2, 0) is 4.79 Å². The number of rotatable bonds is 5. The summed E-state index contributed by atoms with van der Waals surface area (Å²) in [5.41, 5.74) is 0.714. The van der Waals surface area contributed by atoms with Crippen LogP contribution in [0.5, 0.6) is 5.75 Å². The molecule has 1 amide bonds. The van der Waals surface area contributed by atoms with E-state index in [-0.39, 0.29) is 17.6 Å². The lowest BCUT2D eigenvalue weighted by Gasteiger charge is -2.31. The Labute approximate surface area is 194 Å². The minimum absolute atomic E-state index is 0.00445. The summed E-state index contributed by atoms with van der Waals surface area (Å²) < 4.78 is 29.3. The van der Waals surface area contributed by atoms with E-state index in [1.807, 2.05) is 0 Å². The zero-order valence-corrected chi connectivity index (χ0v) is 18.8. The molecule has 0 spiro atoms. The summed E-state index contributed by atoms with van der Waals surface area (Å²) in [5, 5.41) is 9.11. The molecular formula is C22H24F2N6O2S. The largest absolute Gasteiger partial charge is 0.494 e. The van der Waals surface area contributed by atoms with Crippen LogP contribution in [0.15, 0.2) is 60.0 Å². The lowest BCUT2D eigenvalue weighted by atomic mass is 9.97. The molecule has 3 aromatic rings. The highest BCUT2D eigenvalue weighted by atomic mass is 32.2. The fraction of sp³-hybridized carbons (Fsp3) is 0.273. The number of carbonyl (C=O) groups is 1. The van der Waals surface area contributed by atoms with Gasteiger partial charge in [-0.2, -0.15) is 4.39 Å². The summed E-state index contributed by atoms with van der Waals surface area (Å²) in [4.78, 5) is 27.2. The molecule has 1 unspecified atom stereocenters. The van der Waals surface area contributed by atoms with E-state index >= 15 is 0 Å². The molecule has 1 atom stereocenters. The maximum Gasteiger partial charge on any atom is 0.229 e. The van der Waals surface area contributed by atoms with Gasteiger partial charge in [0, 0.05) is 37.4 Å². The van der Waals surface area contributed by atoms with Gasteiger partial charge in [0.05, 0.1) is 13.0 Å². The van der Waals surface area contributed by atoms with Crippen LogP contribution in [0, 0.1) is 17.6 Å². The number of methoxy groups -OCH3 is 1. The number of benzene rings is 1. The molecule has 1 fully saturated rings. The molecule has 33 heavy (non-hydrogen) atoms. The van der Waals surface area contributed by atoms with E-state index in [2.05, 4.69) is 29.9 Å². The zero-order chi connectivity index (χ0) is 23.6. The van der Waals surface area contributed by atoms with Crippen LogP contribution in [0.2, 0.25) is 0 Å². The predicted octanol–water partition coefficient (Wildman–Crippen LogP) is 3.67. The van der Waals surface area contributed by atoms with Crippen molar-refractivity contribution in [2.24, 2.45) is 11.1 Å². The molecule has 3 heterocycles. The molecule has 174 valence electrons. The number of nitrogens with zero attached hydrogens (tertiary/aromatic N) is 4. The van der Waals surface area contributed by atoms with Gasteiger partial charge in [0.25, 0.3) is 0 Å². The number of nitrogens with two attached hydrogens (primary N) is 1. The van der Waals surface area contributed by atoms with E-state index in [1.54, 1.807) is 36.8 Å². The summed E-state index contributed by atoms with van der Waals surface area (Å²) in [6.45, 7) is 1.50. The SMILES string of the molecule is COc1cccc(F)c1F.NSc1cc(NC(=O)C2CCCN(c3ncccn3)C2)ccn1. The predicted molar refractivity (Wildman–Crippen MR) is 123 cm³/mol. The van der Waals surface area contributed by atoms with Crippen LogP contribution >= 0.6 is 11.9 Å². The Morgan fingerprint density at radius 2 is 1.97 bits per heavy atom. The number of piperidine rings is 1. The number of nitrogens with one attached hydrogen (secondary N) is 1. The Hall–Kier alpha value is -3.31. The third-order valence-corrected chi connectivity index (χ3v) is 5.35. The molecule has 0 radical (unpaired) electrons. The highest BCUT2D eigenvalue weighted by Gasteiger charge is 2.27. The number of carbonyl (C=O) groups excluding carboxylic acids is 1. The van der Waals surface area contributed by atoms with Crippen LogP contribution in [-0.4, -0.2) is 41.1 Å². The van der Waals surface area contributed by atoms with E-state index in [1.165, 1.54) is 19.2 Å². The van der Waals surface area contributed by atoms with Crippen molar-refractivity contribution in [2.75, 3.05) is 30.4 Å². The van der Waals surface area contributed by atoms with Gasteiger partial charge in [0.1, 0.15) is 5.03 Å². The van der Waals surface area contributed by atoms with E-state index in [0.29, 0.717) is 23.2 Å². The number of ether oxygens (including phenoxy) is 1. The average molecular weight is 475 g/mol. The van der Waals surface area contributed by atoms with Crippen molar-refractivity contribution in [2.45, 2.75) is 17.9 Å². The number of halogens is 2. The minimum Gasteiger partial charge on any atom is -0.494 e. The lowest BCUT2D eigenvalue weighted by Crippen LogP contribution is -2.41. The number of hydrogen-bond acceptors (Lipinski definition) is 8. The Bertz CT molecular complexity index is 1060. The molecule has 3 N–H and O–H groups in total. The van der Waals surface area contributed by atoms with Gasteiger partial charge in [-0.1, -0.05) is 6.07 Å². The molecule has 1 aliphatic heterocycles. The Balaban J connectivity index is 0.000000257. The average Bonchev–Trinajstić information content (AvgIpc) is 2.87. The maximum absolute atomic E-state index is 12.5. The van der Waals surface area contributed by atoms with Crippen LogP contribution in [0.25, 0.3) is 0 Å². The second kappa shape index (κ2) is 12.1. The quantitative estimate of drug-likeness (QED) is 0.540. The number of aromatic nitrogens is 3. The van der Waals surface area contributed by atoms with Gasteiger partial charge in [0.15, 0.2) is 11.6 Å². The van der Waals surface area contributed by atoms with Crippen LogP contribution < -0.4 is 20.1 Å². The monoisotopic (exact) mass is 474 g/mol. The molecule has 11 heteroatoms. The van der Waals surface area contributed by atoms with Gasteiger partial charge >= 0.3 is 0 Å². The van der Waals surface area contributed by atoms with Crippen molar-refractivity contribution in [3.63, 3.8) is 0 Å². The van der Waals surface area contributed by atoms with E-state index < -0.39 is 11.6 Å². The van der Waals surface area contributed by atoms with Crippen molar-refractivity contribution < 1.29 is 18.3 Å². The Morgan fingerprint density at radius 1 is 1.18 bits per heavy atom. The summed E-state index contributed by atoms with van der Waals surface area (Å²) >= 11 is 1.06. The molecular weight excluding hydrogens is 450 g/mol. The van der Waals surface area contributed by atoms with E-state index in [9.17, 15) is 13.6 Å². The van der Waals surface area contributed by atoms with Gasteiger partial charge in [-0.25, -0.2) is 19.3 Å². The fourth-order valence-electron chi connectivity index (χ4n) is 3.26. The summed E-state index contributed by atoms with van der Waals surface area (Å²) in [7, 11) is 1.29. The molecule has 1 aromatic carbocycles. The molecule has 0 bridgehead atoms. The van der Waals surface area contributed by atoms with Gasteiger partial charge in [0.2, 0.25) is 17.7 Å². The first-order valence-corrected chi connectivity index (χ1v) is 11.0. The molecule has 8 nitrogen and oxygen atoms in total. The second-order valence-corrected chi connectivity index (χ2v) is 7.73. The van der Waals surface area contributed by atoms with Gasteiger partial charge < -0.3 is 15.0 Å². The standard InChI is InChI=1S/C15H18N6OS.C7H6F2O/c16-23-13-9-12(4-7-17-13)20-14(22)11-3-1-8-21(10-11)15-18-5-2-6-19-15;1-10-6-4-2-3-5(8)7(6)9/h2,4-7,9,11H,1,3,8,10,16H2,(H,17,20,22);2-4H,1H3. The van der Waals surface area contributed by atoms with Gasteiger partial charge in [-0.3, -0.25) is 9.93 Å². The van der Waals surface area contributed by atoms with Crippen molar-refractivity contribution in [3.05, 3.63) is 66.6 Å². The van der Waals surface area contributed by atoms with Gasteiger partial charge in [-0.15, -0.1) is 0 Å². The molecule has 2 aromatic heterocycles. The highest BCUT2D eigenvalue weighted by Crippen LogP contribution is 2.22. The molecule has 4 rings (SSSR count). The molecule has 0 saturated carbocycles. The number of hydrogen-bond donors (Lipinski definition) is 2. The highest BCUT2D eigenvalue weighted by molar-refractivity contribution is 7.97. The van der Waals surface area contributed by atoms with Crippen molar-refractivity contribution in [1.82, 2.24) is 15.0 Å². The molecule has 1 aliphatic rings. The first-order valence-electron chi connectivity index (χ1n) is 10.2. The van der Waals surface area contributed by atoms with Crippen molar-refractivity contribution >= 4 is 29.5 Å². The van der Waals surface area contributed by atoms with E-state index in [0.717, 1.165) is 37.4 Å². The minimum atomic E-state index is -0.940. The zero-order valence-electron chi connectivity index (χ0n) is 17.9. The first-order chi connectivity index (χ1) is 16.0. The summed E-state index contributed by atoms with van der Waals surface area (Å²) in [6, 6.07) is 9.10. The Kier molecular flexibility index (Phi) is 8.90. The second-order valence-electron chi connectivity index (χ2n) is 7.08. The lowest BCUT2D eigenvalue weighted by molar-refractivity contribution is -0.120. The Morgan fingerprint density at radius 3 is 2.67 bits per heavy atom. The third-order valence-electron chi connectivity index (χ3n) is 4.89. The number of pyridine rings is 1. The third kappa shape index (κ3) is 6.83. The molecule has 0 aliphatic carbocycles.